The minimum atomic E-state index is -0.437. The second-order valence-corrected chi connectivity index (χ2v) is 13.6. The molecule has 2 unspecified atom stereocenters. The molecule has 0 spiro atoms. The second-order valence-electron chi connectivity index (χ2n) is 13.6. The number of benzene rings is 5. The average Bonchev–Trinajstić information content (AvgIpc) is 3.54. The van der Waals surface area contributed by atoms with E-state index < -0.39 is 10.8 Å². The van der Waals surface area contributed by atoms with Crippen LogP contribution in [0, 0.1) is 11.6 Å². The number of nitrogens with zero attached hydrogens (tertiary/aromatic N) is 2. The highest BCUT2D eigenvalue weighted by Gasteiger charge is 2.51. The molecule has 0 N–H and O–H groups in total. The number of likely N-dealkylation sites (N-methyl/N-ethyl adjacent to an activating group) is 1. The second kappa shape index (κ2) is 13.4. The van der Waals surface area contributed by atoms with E-state index in [4.69, 9.17) is 4.74 Å². The quantitative estimate of drug-likeness (QED) is 0.138. The van der Waals surface area contributed by atoms with E-state index in [0.717, 1.165) is 47.6 Å². The van der Waals surface area contributed by atoms with Gasteiger partial charge in [0.2, 0.25) is 5.69 Å². The fourth-order valence-corrected chi connectivity index (χ4v) is 8.76. The molecule has 0 saturated carbocycles. The summed E-state index contributed by atoms with van der Waals surface area (Å²) in [7, 11) is 3.81. The number of hydrogen-bond donors (Lipinski definition) is 0. The van der Waals surface area contributed by atoms with E-state index in [2.05, 4.69) is 104 Å². The van der Waals surface area contributed by atoms with Gasteiger partial charge < -0.3 is 9.64 Å². The smallest absolute Gasteiger partial charge is 0.217 e. The molecular weight excluding hydrogens is 623 g/mol. The van der Waals surface area contributed by atoms with Crippen molar-refractivity contribution in [3.8, 4) is 5.75 Å². The number of hydrogen-bond acceptors (Lipinski definition) is 2. The summed E-state index contributed by atoms with van der Waals surface area (Å²) < 4.78 is 38.1. The first kappa shape index (κ1) is 33.5. The molecule has 2 atom stereocenters. The maximum Gasteiger partial charge on any atom is 0.217 e. The third-order valence-electron chi connectivity index (χ3n) is 11.3. The van der Waals surface area contributed by atoms with Crippen LogP contribution in [0.4, 0.5) is 20.2 Å². The first-order valence-corrected chi connectivity index (χ1v) is 17.8. The zero-order chi connectivity index (χ0) is 35.0. The summed E-state index contributed by atoms with van der Waals surface area (Å²) >= 11 is 0. The highest BCUT2D eigenvalue weighted by atomic mass is 19.1. The highest BCUT2D eigenvalue weighted by molar-refractivity contribution is 6.08. The van der Waals surface area contributed by atoms with Crippen molar-refractivity contribution >= 4 is 27.9 Å². The minimum Gasteiger partial charge on any atom is -0.497 e. The van der Waals surface area contributed by atoms with E-state index in [1.807, 2.05) is 24.3 Å². The lowest BCUT2D eigenvalue weighted by molar-refractivity contribution is -0.431. The Morgan fingerprint density at radius 2 is 1.56 bits per heavy atom. The third-order valence-corrected chi connectivity index (χ3v) is 11.3. The van der Waals surface area contributed by atoms with Gasteiger partial charge in [-0.05, 0) is 103 Å². The molecule has 5 aromatic carbocycles. The SMILES string of the molecule is CC[N+]1=C(C=CC=C2N(C)c3ccc(OC)cc3C2(CC)Cc2cccc(F)c2)C(CC)(Cc2ccccc2F)c2ccc3ccccc3c21. The van der Waals surface area contributed by atoms with Crippen molar-refractivity contribution in [3.63, 3.8) is 0 Å². The lowest BCUT2D eigenvalue weighted by Crippen LogP contribution is -2.36. The van der Waals surface area contributed by atoms with Crippen molar-refractivity contribution in [1.82, 2.24) is 0 Å². The Morgan fingerprint density at radius 1 is 0.780 bits per heavy atom. The molecule has 254 valence electrons. The van der Waals surface area contributed by atoms with Gasteiger partial charge in [0.1, 0.15) is 23.9 Å². The molecule has 0 amide bonds. The Hall–Kier alpha value is -5.03. The van der Waals surface area contributed by atoms with Crippen LogP contribution in [0.25, 0.3) is 10.8 Å². The van der Waals surface area contributed by atoms with Crippen LogP contribution >= 0.6 is 0 Å². The molecule has 2 aliphatic heterocycles. The maximum absolute atomic E-state index is 15.4. The number of fused-ring (bicyclic) bond motifs is 4. The third kappa shape index (κ3) is 5.35. The Balaban J connectivity index is 1.41. The summed E-state index contributed by atoms with van der Waals surface area (Å²) in [6.07, 6.45) is 9.50. The van der Waals surface area contributed by atoms with Crippen LogP contribution in [0.2, 0.25) is 0 Å². The van der Waals surface area contributed by atoms with Crippen LogP contribution < -0.4 is 9.64 Å². The fraction of sp³-hybridized carbons (Fsp3) is 0.267. The van der Waals surface area contributed by atoms with Crippen LogP contribution in [0.3, 0.4) is 0 Å². The molecular formula is C45H45F2N2O+. The molecule has 0 bridgehead atoms. The number of rotatable bonds is 10. The van der Waals surface area contributed by atoms with Crippen molar-refractivity contribution in [1.29, 1.82) is 0 Å². The van der Waals surface area contributed by atoms with Crippen molar-refractivity contribution in [2.45, 2.75) is 57.3 Å². The fourth-order valence-electron chi connectivity index (χ4n) is 8.76. The number of allylic oxidation sites excluding steroid dienone is 4. The van der Waals surface area contributed by atoms with Gasteiger partial charge in [-0.25, -0.2) is 8.78 Å². The van der Waals surface area contributed by atoms with E-state index in [9.17, 15) is 4.39 Å². The van der Waals surface area contributed by atoms with Gasteiger partial charge in [-0.1, -0.05) is 80.6 Å². The van der Waals surface area contributed by atoms with Gasteiger partial charge in [-0.15, -0.1) is 0 Å². The van der Waals surface area contributed by atoms with Gasteiger partial charge in [0.25, 0.3) is 0 Å². The molecule has 3 nitrogen and oxygen atoms in total. The van der Waals surface area contributed by atoms with Gasteiger partial charge in [-0.3, -0.25) is 0 Å². The minimum absolute atomic E-state index is 0.172. The summed E-state index contributed by atoms with van der Waals surface area (Å²) in [5, 5.41) is 2.40. The predicted octanol–water partition coefficient (Wildman–Crippen LogP) is 10.6. The first-order chi connectivity index (χ1) is 24.3. The molecule has 5 aromatic rings. The lowest BCUT2D eigenvalue weighted by atomic mass is 9.70. The van der Waals surface area contributed by atoms with E-state index in [0.29, 0.717) is 12.8 Å². The van der Waals surface area contributed by atoms with Crippen LogP contribution in [0.15, 0.2) is 127 Å². The molecule has 2 aliphatic rings. The van der Waals surface area contributed by atoms with Gasteiger partial charge in [0, 0.05) is 35.5 Å². The molecule has 0 fully saturated rings. The molecule has 0 saturated heterocycles. The van der Waals surface area contributed by atoms with Gasteiger partial charge in [0.15, 0.2) is 5.71 Å². The number of ether oxygens (including phenoxy) is 1. The first-order valence-electron chi connectivity index (χ1n) is 17.8. The molecule has 0 aromatic heterocycles. The molecule has 2 heterocycles. The molecule has 50 heavy (non-hydrogen) atoms. The van der Waals surface area contributed by atoms with Crippen LogP contribution in [0.5, 0.6) is 5.75 Å². The van der Waals surface area contributed by atoms with Crippen molar-refractivity contribution in [2.75, 3.05) is 25.6 Å². The lowest BCUT2D eigenvalue weighted by Gasteiger charge is -2.32. The monoisotopic (exact) mass is 667 g/mol. The van der Waals surface area contributed by atoms with E-state index in [1.54, 1.807) is 31.4 Å². The molecule has 5 heteroatoms. The standard InChI is InChI=1S/C45H45F2N2O/c1-6-44(29-31-15-13-18-34(46)27-31)38-28-35(50-5)24-26-40(38)48(4)41(44)21-14-22-42-45(7-2,30-33-17-10-12-20-39(33)47)37-25-23-32-16-9-11-19-36(32)43(37)49(42)8-3/h9-28H,6-8,29-30H2,1-5H3/q+1. The zero-order valence-corrected chi connectivity index (χ0v) is 29.6. The van der Waals surface area contributed by atoms with Crippen molar-refractivity contribution < 1.29 is 18.1 Å². The van der Waals surface area contributed by atoms with Crippen LogP contribution in [-0.4, -0.2) is 31.0 Å². The Bertz CT molecular complexity index is 2180. The summed E-state index contributed by atoms with van der Waals surface area (Å²) in [6.45, 7) is 7.41. The highest BCUT2D eigenvalue weighted by Crippen LogP contribution is 2.53. The molecule has 7 rings (SSSR count). The summed E-state index contributed by atoms with van der Waals surface area (Å²) in [4.78, 5) is 2.27. The maximum atomic E-state index is 15.4. The van der Waals surface area contributed by atoms with Crippen LogP contribution in [0.1, 0.15) is 55.9 Å². The van der Waals surface area contributed by atoms with Crippen molar-refractivity contribution in [3.05, 3.63) is 161 Å². The normalized spacial score (nSPS) is 20.7. The molecule has 0 radical (unpaired) electrons. The largest absolute Gasteiger partial charge is 0.497 e. The topological polar surface area (TPSA) is 15.5 Å². The summed E-state index contributed by atoms with van der Waals surface area (Å²) in [5.41, 5.74) is 7.88. The van der Waals surface area contributed by atoms with E-state index in [-0.39, 0.29) is 11.6 Å². The van der Waals surface area contributed by atoms with E-state index in [1.165, 1.54) is 39.4 Å². The van der Waals surface area contributed by atoms with Crippen LogP contribution in [-0.2, 0) is 23.7 Å². The Kier molecular flexibility index (Phi) is 8.94. The van der Waals surface area contributed by atoms with Crippen molar-refractivity contribution in [2.24, 2.45) is 0 Å². The summed E-state index contributed by atoms with van der Waals surface area (Å²) in [6, 6.07) is 33.4. The van der Waals surface area contributed by atoms with Gasteiger partial charge in [0.05, 0.1) is 17.9 Å². The zero-order valence-electron chi connectivity index (χ0n) is 29.6. The molecule has 0 aliphatic carbocycles. The predicted molar refractivity (Wildman–Crippen MR) is 202 cm³/mol. The Labute approximate surface area is 294 Å². The average molecular weight is 668 g/mol. The van der Waals surface area contributed by atoms with Gasteiger partial charge >= 0.3 is 0 Å². The summed E-state index contributed by atoms with van der Waals surface area (Å²) in [5.74, 6) is 0.400. The van der Waals surface area contributed by atoms with Gasteiger partial charge in [-0.2, -0.15) is 4.58 Å². The number of halogens is 2. The number of methoxy groups -OCH3 is 1. The van der Waals surface area contributed by atoms with E-state index >= 15 is 4.39 Å². The Morgan fingerprint density at radius 3 is 2.30 bits per heavy atom. The number of anilines is 1.